The quantitative estimate of drug-likeness (QED) is 0.839. The van der Waals surface area contributed by atoms with Gasteiger partial charge in [0.05, 0.1) is 6.10 Å². The van der Waals surface area contributed by atoms with Crippen molar-refractivity contribution in [2.75, 3.05) is 20.2 Å². The van der Waals surface area contributed by atoms with Crippen LogP contribution in [0.2, 0.25) is 5.02 Å². The lowest BCUT2D eigenvalue weighted by atomic mass is 10.1. The number of likely N-dealkylation sites (tertiary alicyclic amines) is 1. The molecule has 96 valence electrons. The predicted octanol–water partition coefficient (Wildman–Crippen LogP) is 2.30. The number of methoxy groups -OCH3 is 1. The lowest BCUT2D eigenvalue weighted by Gasteiger charge is -2.38. The van der Waals surface area contributed by atoms with E-state index < -0.39 is 0 Å². The van der Waals surface area contributed by atoms with E-state index in [1.807, 2.05) is 29.2 Å². The number of carbonyl (C=O) groups excluding carboxylic acids is 1. The molecule has 1 aliphatic carbocycles. The summed E-state index contributed by atoms with van der Waals surface area (Å²) in [5.74, 6) is 0.698. The Balaban J connectivity index is 1.61. The lowest BCUT2D eigenvalue weighted by Crippen LogP contribution is -2.55. The molecule has 3 rings (SSSR count). The summed E-state index contributed by atoms with van der Waals surface area (Å²) in [7, 11) is 1.69. The highest BCUT2D eigenvalue weighted by Gasteiger charge is 2.48. The number of rotatable bonds is 3. The van der Waals surface area contributed by atoms with Crippen molar-refractivity contribution in [3.05, 3.63) is 34.9 Å². The maximum atomic E-state index is 12.2. The van der Waals surface area contributed by atoms with Gasteiger partial charge >= 0.3 is 0 Å². The Kier molecular flexibility index (Phi) is 3.04. The third-order valence-electron chi connectivity index (χ3n) is 3.91. The van der Waals surface area contributed by atoms with Gasteiger partial charge in [0.1, 0.15) is 0 Å². The minimum atomic E-state index is 0.128. The molecular weight excluding hydrogens is 250 g/mol. The van der Waals surface area contributed by atoms with Crippen molar-refractivity contribution in [2.24, 2.45) is 5.92 Å². The van der Waals surface area contributed by atoms with Crippen LogP contribution in [0, 0.1) is 5.92 Å². The molecule has 0 bridgehead atoms. The molecule has 1 saturated carbocycles. The molecule has 4 heteroatoms. The van der Waals surface area contributed by atoms with E-state index in [4.69, 9.17) is 16.3 Å². The van der Waals surface area contributed by atoms with Crippen molar-refractivity contribution in [2.45, 2.75) is 18.4 Å². The minimum absolute atomic E-state index is 0.128. The Hall–Kier alpha value is -1.06. The molecule has 0 radical (unpaired) electrons. The summed E-state index contributed by atoms with van der Waals surface area (Å²) in [6, 6.07) is 7.81. The summed E-state index contributed by atoms with van der Waals surface area (Å²) in [5, 5.41) is 0.774. The molecule has 2 aliphatic rings. The molecule has 0 unspecified atom stereocenters. The first-order valence-corrected chi connectivity index (χ1v) is 6.64. The first-order chi connectivity index (χ1) is 8.70. The maximum Gasteiger partial charge on any atom is 0.226 e. The van der Waals surface area contributed by atoms with Crippen molar-refractivity contribution in [3.63, 3.8) is 0 Å². The number of nitrogens with zero attached hydrogens (tertiary/aromatic N) is 1. The van der Waals surface area contributed by atoms with Gasteiger partial charge in [-0.3, -0.25) is 4.79 Å². The Morgan fingerprint density at radius 1 is 1.39 bits per heavy atom. The molecule has 2 atom stereocenters. The zero-order valence-electron chi connectivity index (χ0n) is 10.3. The molecule has 1 aromatic carbocycles. The summed E-state index contributed by atoms with van der Waals surface area (Å²) in [4.78, 5) is 14.1. The number of amides is 1. The molecule has 18 heavy (non-hydrogen) atoms. The van der Waals surface area contributed by atoms with Gasteiger partial charge in [0.2, 0.25) is 5.91 Å². The predicted molar refractivity (Wildman–Crippen MR) is 69.7 cm³/mol. The van der Waals surface area contributed by atoms with Gasteiger partial charge in [0, 0.05) is 31.1 Å². The molecule has 0 spiro atoms. The Bertz CT molecular complexity index is 471. The van der Waals surface area contributed by atoms with Crippen LogP contribution in [-0.4, -0.2) is 37.1 Å². The highest BCUT2D eigenvalue weighted by molar-refractivity contribution is 6.31. The van der Waals surface area contributed by atoms with E-state index in [0.29, 0.717) is 5.92 Å². The van der Waals surface area contributed by atoms with E-state index in [1.165, 1.54) is 0 Å². The number of carbonyl (C=O) groups is 1. The zero-order valence-corrected chi connectivity index (χ0v) is 11.1. The average Bonchev–Trinajstić information content (AvgIpc) is 3.08. The Morgan fingerprint density at radius 3 is 2.78 bits per heavy atom. The van der Waals surface area contributed by atoms with Crippen LogP contribution in [0.5, 0.6) is 0 Å². The summed E-state index contributed by atoms with van der Waals surface area (Å²) in [6.07, 6.45) is 1.16. The number of halogens is 1. The van der Waals surface area contributed by atoms with Crippen LogP contribution in [0.3, 0.4) is 0 Å². The van der Waals surface area contributed by atoms with Crippen LogP contribution >= 0.6 is 11.6 Å². The van der Waals surface area contributed by atoms with Crippen molar-refractivity contribution < 1.29 is 9.53 Å². The molecule has 1 aliphatic heterocycles. The number of ether oxygens (including phenoxy) is 1. The molecule has 1 aromatic rings. The van der Waals surface area contributed by atoms with Crippen molar-refractivity contribution >= 4 is 17.5 Å². The monoisotopic (exact) mass is 265 g/mol. The highest BCUT2D eigenvalue weighted by atomic mass is 35.5. The van der Waals surface area contributed by atoms with Gasteiger partial charge in [-0.15, -0.1) is 0 Å². The highest BCUT2D eigenvalue weighted by Crippen LogP contribution is 2.50. The molecule has 2 fully saturated rings. The molecule has 3 nitrogen and oxygen atoms in total. The first kappa shape index (κ1) is 12.0. The summed E-state index contributed by atoms with van der Waals surface area (Å²) in [6.45, 7) is 1.47. The van der Waals surface area contributed by atoms with Gasteiger partial charge in [-0.1, -0.05) is 29.8 Å². The van der Waals surface area contributed by atoms with Crippen molar-refractivity contribution in [3.8, 4) is 0 Å². The van der Waals surface area contributed by atoms with Crippen LogP contribution in [0.4, 0.5) is 0 Å². The molecule has 1 heterocycles. The van der Waals surface area contributed by atoms with Gasteiger partial charge in [0.25, 0.3) is 0 Å². The topological polar surface area (TPSA) is 29.5 Å². The van der Waals surface area contributed by atoms with Gasteiger partial charge in [-0.05, 0) is 24.0 Å². The van der Waals surface area contributed by atoms with Crippen LogP contribution in [0.25, 0.3) is 0 Å². The van der Waals surface area contributed by atoms with Crippen LogP contribution < -0.4 is 0 Å². The normalized spacial score (nSPS) is 26.9. The van der Waals surface area contributed by atoms with Crippen LogP contribution in [0.1, 0.15) is 17.9 Å². The SMILES string of the molecule is COC1CN(C(=O)[C@H]2C[C@@H]2c2ccccc2Cl)C1. The fourth-order valence-electron chi connectivity index (χ4n) is 2.59. The smallest absolute Gasteiger partial charge is 0.226 e. The minimum Gasteiger partial charge on any atom is -0.378 e. The number of benzene rings is 1. The van der Waals surface area contributed by atoms with E-state index in [-0.39, 0.29) is 17.9 Å². The number of hydrogen-bond acceptors (Lipinski definition) is 2. The fourth-order valence-corrected chi connectivity index (χ4v) is 2.86. The van der Waals surface area contributed by atoms with Crippen molar-refractivity contribution in [1.82, 2.24) is 4.90 Å². The summed E-state index contributed by atoms with van der Waals surface area (Å²) >= 11 is 6.16. The van der Waals surface area contributed by atoms with E-state index in [9.17, 15) is 4.79 Å². The van der Waals surface area contributed by atoms with Crippen molar-refractivity contribution in [1.29, 1.82) is 0 Å². The molecule has 0 aromatic heterocycles. The third kappa shape index (κ3) is 2.02. The lowest BCUT2D eigenvalue weighted by molar-refractivity contribution is -0.144. The fraction of sp³-hybridized carbons (Fsp3) is 0.500. The van der Waals surface area contributed by atoms with E-state index in [1.54, 1.807) is 7.11 Å². The number of hydrogen-bond donors (Lipinski definition) is 0. The first-order valence-electron chi connectivity index (χ1n) is 6.26. The van der Waals surface area contributed by atoms with E-state index >= 15 is 0 Å². The maximum absolute atomic E-state index is 12.2. The Morgan fingerprint density at radius 2 is 2.11 bits per heavy atom. The van der Waals surface area contributed by atoms with Gasteiger partial charge in [0.15, 0.2) is 0 Å². The molecule has 1 amide bonds. The van der Waals surface area contributed by atoms with Crippen LogP contribution in [-0.2, 0) is 9.53 Å². The van der Waals surface area contributed by atoms with E-state index in [0.717, 1.165) is 30.1 Å². The molecule has 0 N–H and O–H groups in total. The van der Waals surface area contributed by atoms with Gasteiger partial charge in [-0.2, -0.15) is 0 Å². The van der Waals surface area contributed by atoms with E-state index in [2.05, 4.69) is 0 Å². The Labute approximate surface area is 112 Å². The molecule has 1 saturated heterocycles. The molecular formula is C14H16ClNO2. The average molecular weight is 266 g/mol. The summed E-state index contributed by atoms with van der Waals surface area (Å²) in [5.41, 5.74) is 1.11. The third-order valence-corrected chi connectivity index (χ3v) is 4.25. The van der Waals surface area contributed by atoms with Gasteiger partial charge < -0.3 is 9.64 Å². The zero-order chi connectivity index (χ0) is 12.7. The second-order valence-electron chi connectivity index (χ2n) is 5.07. The second kappa shape index (κ2) is 4.56. The van der Waals surface area contributed by atoms with Crippen LogP contribution in [0.15, 0.2) is 24.3 Å². The second-order valence-corrected chi connectivity index (χ2v) is 5.48. The summed E-state index contributed by atoms with van der Waals surface area (Å²) < 4.78 is 5.18. The standard InChI is InChI=1S/C14H16ClNO2/c1-18-9-7-16(8-9)14(17)12-6-11(12)10-4-2-3-5-13(10)15/h2-5,9,11-12H,6-8H2,1H3/t11-,12+/m1/s1. The largest absolute Gasteiger partial charge is 0.378 e. The van der Waals surface area contributed by atoms with Gasteiger partial charge in [-0.25, -0.2) is 0 Å².